The van der Waals surface area contributed by atoms with Gasteiger partial charge in [0.2, 0.25) is 5.91 Å². The number of carbonyl (C=O) groups excluding carboxylic acids is 1. The molecule has 4 aliphatic rings. The van der Waals surface area contributed by atoms with Crippen LogP contribution in [0.5, 0.6) is 0 Å². The number of amides is 1. The molecule has 7 N–H and O–H groups in total. The Balaban J connectivity index is 0.000000364. The fraction of sp³-hybridized carbons (Fsp3) is 0.967. The van der Waals surface area contributed by atoms with Gasteiger partial charge in [-0.05, 0) is 132 Å². The molecule has 0 spiro atoms. The van der Waals surface area contributed by atoms with Crippen molar-refractivity contribution in [2.75, 3.05) is 21.1 Å². The van der Waals surface area contributed by atoms with Gasteiger partial charge in [-0.2, -0.15) is 0 Å². The quantitative estimate of drug-likeness (QED) is 0.271. The van der Waals surface area contributed by atoms with Crippen LogP contribution in [0.4, 0.5) is 0 Å². The first-order valence-corrected chi connectivity index (χ1v) is 15.1. The molecule has 0 bridgehead atoms. The monoisotopic (exact) mass is 522 g/mol. The standard InChI is InChI=1S/C24H41NO3.C6H17N3/c1-14(4-9-22(25)28)18-7-8-19-17-6-5-15-12-16(26)10-11-23(15,2)20(17)13-21(27)24(18,19)3;1-5-6(7-2,8-3)9-4/h14-21,26-27H,4-13H2,1-3H3,(H2,25,28);7-9H,5H2,1-4H3/t14-,15-,16-,17?,18-,19?,20?,21+,23+,24-;/m1./s1. The number of aliphatic hydroxyl groups is 2. The molecule has 216 valence electrons. The van der Waals surface area contributed by atoms with Gasteiger partial charge in [0.05, 0.1) is 12.2 Å². The molecule has 0 radical (unpaired) electrons. The predicted molar refractivity (Wildman–Crippen MR) is 150 cm³/mol. The normalized spacial score (nSPS) is 42.0. The van der Waals surface area contributed by atoms with Crippen LogP contribution >= 0.6 is 0 Å². The third-order valence-electron chi connectivity index (χ3n) is 12.2. The molecule has 4 fully saturated rings. The molecule has 10 atom stereocenters. The van der Waals surface area contributed by atoms with Gasteiger partial charge < -0.3 is 15.9 Å². The largest absolute Gasteiger partial charge is 0.393 e. The first-order chi connectivity index (χ1) is 17.4. The van der Waals surface area contributed by atoms with E-state index in [-0.39, 0.29) is 29.3 Å². The van der Waals surface area contributed by atoms with E-state index in [0.29, 0.717) is 41.4 Å². The Morgan fingerprint density at radius 3 is 2.19 bits per heavy atom. The summed E-state index contributed by atoms with van der Waals surface area (Å²) in [5.41, 5.74) is 5.67. The zero-order valence-corrected chi connectivity index (χ0v) is 24.8. The van der Waals surface area contributed by atoms with Gasteiger partial charge in [0.1, 0.15) is 5.79 Å². The minimum atomic E-state index is -0.246. The number of primary amides is 1. The van der Waals surface area contributed by atoms with Crippen molar-refractivity contribution in [3.63, 3.8) is 0 Å². The topological polar surface area (TPSA) is 120 Å². The highest BCUT2D eigenvalue weighted by atomic mass is 16.3. The Bertz CT molecular complexity index is 744. The molecule has 3 unspecified atom stereocenters. The van der Waals surface area contributed by atoms with Gasteiger partial charge in [-0.3, -0.25) is 20.7 Å². The molecule has 0 aliphatic heterocycles. The zero-order valence-electron chi connectivity index (χ0n) is 24.8. The summed E-state index contributed by atoms with van der Waals surface area (Å²) < 4.78 is 0. The summed E-state index contributed by atoms with van der Waals surface area (Å²) in [5, 5.41) is 31.1. The number of hydrogen-bond donors (Lipinski definition) is 6. The van der Waals surface area contributed by atoms with E-state index >= 15 is 0 Å². The SMILES string of the molecule is CCC(NC)(NC)NC.C[C@H](CCC(N)=O)[C@H]1CCC2C3CC[C@@H]4C[C@H](O)CC[C@]4(C)C3C[C@H](O)[C@@]21C. The number of rotatable bonds is 8. The van der Waals surface area contributed by atoms with Crippen LogP contribution in [0.1, 0.15) is 98.3 Å². The van der Waals surface area contributed by atoms with Crippen molar-refractivity contribution in [3.8, 4) is 0 Å². The van der Waals surface area contributed by atoms with Crippen molar-refractivity contribution in [2.45, 2.75) is 116 Å². The smallest absolute Gasteiger partial charge is 0.217 e. The highest BCUT2D eigenvalue weighted by Gasteiger charge is 2.63. The molecule has 0 heterocycles. The van der Waals surface area contributed by atoms with Gasteiger partial charge in [0.25, 0.3) is 0 Å². The van der Waals surface area contributed by atoms with Gasteiger partial charge in [0, 0.05) is 6.42 Å². The molecule has 37 heavy (non-hydrogen) atoms. The summed E-state index contributed by atoms with van der Waals surface area (Å²) in [6.45, 7) is 9.21. The van der Waals surface area contributed by atoms with Gasteiger partial charge in [-0.25, -0.2) is 0 Å². The minimum Gasteiger partial charge on any atom is -0.393 e. The molecule has 0 aromatic rings. The maximum Gasteiger partial charge on any atom is 0.217 e. The van der Waals surface area contributed by atoms with Crippen molar-refractivity contribution in [3.05, 3.63) is 0 Å². The number of carbonyl (C=O) groups is 1. The predicted octanol–water partition coefficient (Wildman–Crippen LogP) is 3.59. The van der Waals surface area contributed by atoms with Gasteiger partial charge in [0.15, 0.2) is 0 Å². The summed E-state index contributed by atoms with van der Waals surface area (Å²) in [7, 11) is 5.78. The lowest BCUT2D eigenvalue weighted by Gasteiger charge is -2.62. The number of hydrogen-bond acceptors (Lipinski definition) is 6. The minimum absolute atomic E-state index is 0.0182. The van der Waals surface area contributed by atoms with Gasteiger partial charge in [-0.1, -0.05) is 27.7 Å². The number of aliphatic hydroxyl groups excluding tert-OH is 2. The second kappa shape index (κ2) is 12.2. The molecule has 4 rings (SSSR count). The van der Waals surface area contributed by atoms with Crippen molar-refractivity contribution >= 4 is 5.91 Å². The Morgan fingerprint density at radius 2 is 1.65 bits per heavy atom. The Hall–Kier alpha value is -0.730. The molecule has 4 aliphatic carbocycles. The van der Waals surface area contributed by atoms with E-state index in [1.54, 1.807) is 0 Å². The Morgan fingerprint density at radius 1 is 1.00 bits per heavy atom. The number of nitrogens with two attached hydrogens (primary N) is 1. The Kier molecular flexibility index (Phi) is 10.2. The van der Waals surface area contributed by atoms with E-state index in [4.69, 9.17) is 5.73 Å². The summed E-state index contributed by atoms with van der Waals surface area (Å²) in [6.07, 6.45) is 10.8. The molecule has 0 aromatic heterocycles. The zero-order chi connectivity index (χ0) is 27.6. The first kappa shape index (κ1) is 30.8. The lowest BCUT2D eigenvalue weighted by molar-refractivity contribution is -0.174. The van der Waals surface area contributed by atoms with Crippen LogP contribution in [-0.4, -0.2) is 55.3 Å². The maximum atomic E-state index is 11.5. The molecule has 0 aromatic carbocycles. The molecule has 7 heteroatoms. The van der Waals surface area contributed by atoms with Crippen LogP contribution in [0, 0.1) is 46.3 Å². The molecule has 4 saturated carbocycles. The van der Waals surface area contributed by atoms with Crippen molar-refractivity contribution in [1.29, 1.82) is 0 Å². The molecule has 1 amide bonds. The van der Waals surface area contributed by atoms with Crippen LogP contribution in [-0.2, 0) is 4.79 Å². The fourth-order valence-corrected chi connectivity index (χ4v) is 9.64. The van der Waals surface area contributed by atoms with E-state index in [1.165, 1.54) is 25.7 Å². The molecular formula is C30H58N4O3. The number of fused-ring (bicyclic) bond motifs is 5. The van der Waals surface area contributed by atoms with Gasteiger partial charge in [-0.15, -0.1) is 0 Å². The van der Waals surface area contributed by atoms with Crippen LogP contribution in [0.25, 0.3) is 0 Å². The van der Waals surface area contributed by atoms with Crippen LogP contribution in [0.15, 0.2) is 0 Å². The van der Waals surface area contributed by atoms with Crippen molar-refractivity contribution in [2.24, 2.45) is 52.1 Å². The van der Waals surface area contributed by atoms with E-state index in [9.17, 15) is 15.0 Å². The maximum absolute atomic E-state index is 11.5. The van der Waals surface area contributed by atoms with Crippen molar-refractivity contribution in [1.82, 2.24) is 16.0 Å². The van der Waals surface area contributed by atoms with E-state index < -0.39 is 0 Å². The van der Waals surface area contributed by atoms with Crippen LogP contribution in [0.3, 0.4) is 0 Å². The highest BCUT2D eigenvalue weighted by molar-refractivity contribution is 5.73. The lowest BCUT2D eigenvalue weighted by Crippen LogP contribution is -2.62. The van der Waals surface area contributed by atoms with E-state index in [2.05, 4.69) is 43.6 Å². The molecular weight excluding hydrogens is 464 g/mol. The Labute approximate surface area is 226 Å². The average molecular weight is 523 g/mol. The fourth-order valence-electron chi connectivity index (χ4n) is 9.64. The highest BCUT2D eigenvalue weighted by Crippen LogP contribution is 2.68. The van der Waals surface area contributed by atoms with Gasteiger partial charge >= 0.3 is 0 Å². The second-order valence-corrected chi connectivity index (χ2v) is 13.4. The summed E-state index contributed by atoms with van der Waals surface area (Å²) in [5.74, 6) is 3.19. The van der Waals surface area contributed by atoms with Crippen molar-refractivity contribution < 1.29 is 15.0 Å². The van der Waals surface area contributed by atoms with E-state index in [0.717, 1.165) is 44.4 Å². The molecule has 7 nitrogen and oxygen atoms in total. The van der Waals surface area contributed by atoms with Crippen LogP contribution < -0.4 is 21.7 Å². The van der Waals surface area contributed by atoms with E-state index in [1.807, 2.05) is 21.1 Å². The number of nitrogens with one attached hydrogen (secondary N) is 3. The lowest BCUT2D eigenvalue weighted by atomic mass is 9.43. The summed E-state index contributed by atoms with van der Waals surface area (Å²) in [6, 6.07) is 0. The van der Waals surface area contributed by atoms with Crippen LogP contribution in [0.2, 0.25) is 0 Å². The summed E-state index contributed by atoms with van der Waals surface area (Å²) >= 11 is 0. The third-order valence-corrected chi connectivity index (χ3v) is 12.2. The summed E-state index contributed by atoms with van der Waals surface area (Å²) in [4.78, 5) is 11.3. The molecule has 0 saturated heterocycles. The first-order valence-electron chi connectivity index (χ1n) is 15.1. The average Bonchev–Trinajstić information content (AvgIpc) is 3.24. The third kappa shape index (κ3) is 5.77. The second-order valence-electron chi connectivity index (χ2n) is 13.4.